The predicted molar refractivity (Wildman–Crippen MR) is 79.3 cm³/mol. The summed E-state index contributed by atoms with van der Waals surface area (Å²) in [5, 5.41) is 12.3. The maximum Gasteiger partial charge on any atom is 0.221 e. The Morgan fingerprint density at radius 2 is 2.14 bits per heavy atom. The first-order chi connectivity index (χ1) is 10.3. The minimum Gasteiger partial charge on any atom is -0.394 e. The smallest absolute Gasteiger partial charge is 0.221 e. The fourth-order valence-electron chi connectivity index (χ4n) is 2.99. The van der Waals surface area contributed by atoms with Crippen LogP contribution in [0.2, 0.25) is 0 Å². The number of amides is 1. The Morgan fingerprint density at radius 3 is 3.00 bits per heavy atom. The number of anilines is 2. The van der Waals surface area contributed by atoms with Gasteiger partial charge in [-0.25, -0.2) is 9.97 Å². The standard InChI is InChI=1S/C14H21N5O2/c20-9-11-2-1-5-19(11)13-8-12(16-10-17-13)18-6-3-14(21)15-4-7-18/h8,10-11,20H,1-7,9H2,(H,15,21)/t11-/m0/s1. The quantitative estimate of drug-likeness (QED) is 0.800. The van der Waals surface area contributed by atoms with Crippen molar-refractivity contribution in [3.63, 3.8) is 0 Å². The van der Waals surface area contributed by atoms with Crippen molar-refractivity contribution >= 4 is 17.5 Å². The molecule has 0 aromatic carbocycles. The summed E-state index contributed by atoms with van der Waals surface area (Å²) in [5.41, 5.74) is 0. The third-order valence-corrected chi connectivity index (χ3v) is 4.16. The molecule has 2 fully saturated rings. The van der Waals surface area contributed by atoms with E-state index in [0.29, 0.717) is 19.5 Å². The number of aliphatic hydroxyl groups is 1. The van der Waals surface area contributed by atoms with Crippen molar-refractivity contribution in [3.8, 4) is 0 Å². The molecule has 0 aliphatic carbocycles. The van der Waals surface area contributed by atoms with Crippen LogP contribution in [-0.4, -0.2) is 59.8 Å². The van der Waals surface area contributed by atoms with Gasteiger partial charge in [-0.1, -0.05) is 0 Å². The lowest BCUT2D eigenvalue weighted by Gasteiger charge is -2.26. The molecular weight excluding hydrogens is 270 g/mol. The van der Waals surface area contributed by atoms with Gasteiger partial charge in [0.2, 0.25) is 5.91 Å². The van der Waals surface area contributed by atoms with Gasteiger partial charge in [0.1, 0.15) is 18.0 Å². The van der Waals surface area contributed by atoms with Gasteiger partial charge in [-0.05, 0) is 12.8 Å². The Hall–Kier alpha value is -1.89. The number of aliphatic hydroxyl groups excluding tert-OH is 1. The zero-order valence-electron chi connectivity index (χ0n) is 12.0. The first-order valence-electron chi connectivity index (χ1n) is 7.49. The fourth-order valence-corrected chi connectivity index (χ4v) is 2.99. The van der Waals surface area contributed by atoms with Crippen molar-refractivity contribution in [1.82, 2.24) is 15.3 Å². The minimum atomic E-state index is 0.0895. The molecule has 2 aliphatic heterocycles. The molecule has 2 saturated heterocycles. The fraction of sp³-hybridized carbons (Fsp3) is 0.643. The highest BCUT2D eigenvalue weighted by Gasteiger charge is 2.25. The van der Waals surface area contributed by atoms with Gasteiger partial charge in [0.25, 0.3) is 0 Å². The molecular formula is C14H21N5O2. The maximum absolute atomic E-state index is 11.4. The van der Waals surface area contributed by atoms with Crippen LogP contribution in [-0.2, 0) is 4.79 Å². The van der Waals surface area contributed by atoms with Crippen LogP contribution in [0.1, 0.15) is 19.3 Å². The first kappa shape index (κ1) is 14.1. The van der Waals surface area contributed by atoms with Gasteiger partial charge in [0.05, 0.1) is 12.6 Å². The lowest BCUT2D eigenvalue weighted by Crippen LogP contribution is -2.33. The van der Waals surface area contributed by atoms with Gasteiger partial charge in [0.15, 0.2) is 0 Å². The van der Waals surface area contributed by atoms with E-state index in [1.807, 2.05) is 6.07 Å². The molecule has 1 aromatic rings. The number of nitrogens with one attached hydrogen (secondary N) is 1. The van der Waals surface area contributed by atoms with E-state index in [1.54, 1.807) is 6.33 Å². The largest absolute Gasteiger partial charge is 0.394 e. The highest BCUT2D eigenvalue weighted by atomic mass is 16.3. The number of nitrogens with zero attached hydrogens (tertiary/aromatic N) is 4. The van der Waals surface area contributed by atoms with Gasteiger partial charge in [0, 0.05) is 38.7 Å². The number of hydrogen-bond donors (Lipinski definition) is 2. The van der Waals surface area contributed by atoms with Gasteiger partial charge < -0.3 is 20.2 Å². The average Bonchev–Trinajstić information content (AvgIpc) is 2.89. The number of hydrogen-bond acceptors (Lipinski definition) is 6. The number of carbonyl (C=O) groups excluding carboxylic acids is 1. The highest BCUT2D eigenvalue weighted by molar-refractivity contribution is 5.77. The van der Waals surface area contributed by atoms with Crippen molar-refractivity contribution in [1.29, 1.82) is 0 Å². The van der Waals surface area contributed by atoms with Crippen molar-refractivity contribution in [2.45, 2.75) is 25.3 Å². The zero-order valence-corrected chi connectivity index (χ0v) is 12.0. The molecule has 0 spiro atoms. The van der Waals surface area contributed by atoms with E-state index < -0.39 is 0 Å². The third-order valence-electron chi connectivity index (χ3n) is 4.16. The summed E-state index contributed by atoms with van der Waals surface area (Å²) < 4.78 is 0. The van der Waals surface area contributed by atoms with Crippen LogP contribution in [0.4, 0.5) is 11.6 Å². The summed E-state index contributed by atoms with van der Waals surface area (Å²) in [6.07, 6.45) is 4.13. The third kappa shape index (κ3) is 3.07. The molecule has 0 unspecified atom stereocenters. The number of aromatic nitrogens is 2. The SMILES string of the molecule is O=C1CCN(c2cc(N3CCC[C@H]3CO)ncn2)CCN1. The minimum absolute atomic E-state index is 0.0895. The van der Waals surface area contributed by atoms with Crippen LogP contribution >= 0.6 is 0 Å². The molecule has 0 saturated carbocycles. The van der Waals surface area contributed by atoms with Crippen LogP contribution in [0.3, 0.4) is 0 Å². The van der Waals surface area contributed by atoms with Crippen molar-refractivity contribution in [2.75, 3.05) is 42.6 Å². The van der Waals surface area contributed by atoms with Crippen molar-refractivity contribution < 1.29 is 9.90 Å². The van der Waals surface area contributed by atoms with E-state index >= 15 is 0 Å². The topological polar surface area (TPSA) is 81.6 Å². The molecule has 0 radical (unpaired) electrons. The predicted octanol–water partition coefficient (Wildman–Crippen LogP) is -0.236. The molecule has 3 rings (SSSR count). The van der Waals surface area contributed by atoms with E-state index in [1.165, 1.54) is 0 Å². The van der Waals surface area contributed by atoms with Gasteiger partial charge in [-0.15, -0.1) is 0 Å². The van der Waals surface area contributed by atoms with Crippen LogP contribution < -0.4 is 15.1 Å². The maximum atomic E-state index is 11.4. The number of carbonyl (C=O) groups is 1. The molecule has 1 atom stereocenters. The number of rotatable bonds is 3. The monoisotopic (exact) mass is 291 g/mol. The average molecular weight is 291 g/mol. The molecule has 1 aromatic heterocycles. The normalized spacial score (nSPS) is 23.1. The molecule has 2 aliphatic rings. The Morgan fingerprint density at radius 1 is 1.29 bits per heavy atom. The van der Waals surface area contributed by atoms with Crippen LogP contribution in [0.5, 0.6) is 0 Å². The van der Waals surface area contributed by atoms with Gasteiger partial charge in [-0.2, -0.15) is 0 Å². The highest BCUT2D eigenvalue weighted by Crippen LogP contribution is 2.25. The molecule has 2 N–H and O–H groups in total. The summed E-state index contributed by atoms with van der Waals surface area (Å²) in [6, 6.07) is 2.11. The summed E-state index contributed by atoms with van der Waals surface area (Å²) in [6.45, 7) is 3.14. The Kier molecular flexibility index (Phi) is 4.19. The molecule has 21 heavy (non-hydrogen) atoms. The van der Waals surface area contributed by atoms with Crippen molar-refractivity contribution in [2.24, 2.45) is 0 Å². The van der Waals surface area contributed by atoms with E-state index in [4.69, 9.17) is 0 Å². The molecule has 7 nitrogen and oxygen atoms in total. The molecule has 0 bridgehead atoms. The second-order valence-corrected chi connectivity index (χ2v) is 5.49. The molecule has 1 amide bonds. The lowest BCUT2D eigenvalue weighted by atomic mass is 10.2. The van der Waals surface area contributed by atoms with E-state index in [-0.39, 0.29) is 18.6 Å². The van der Waals surface area contributed by atoms with E-state index in [9.17, 15) is 9.90 Å². The van der Waals surface area contributed by atoms with Crippen LogP contribution in [0.15, 0.2) is 12.4 Å². The summed E-state index contributed by atoms with van der Waals surface area (Å²) in [7, 11) is 0. The van der Waals surface area contributed by atoms with Crippen molar-refractivity contribution in [3.05, 3.63) is 12.4 Å². The van der Waals surface area contributed by atoms with Gasteiger partial charge >= 0.3 is 0 Å². The Balaban J connectivity index is 1.78. The zero-order chi connectivity index (χ0) is 14.7. The van der Waals surface area contributed by atoms with E-state index in [2.05, 4.69) is 25.1 Å². The summed E-state index contributed by atoms with van der Waals surface area (Å²) >= 11 is 0. The Bertz CT molecular complexity index is 510. The first-order valence-corrected chi connectivity index (χ1v) is 7.49. The van der Waals surface area contributed by atoms with E-state index in [0.717, 1.165) is 37.6 Å². The lowest BCUT2D eigenvalue weighted by molar-refractivity contribution is -0.120. The summed E-state index contributed by atoms with van der Waals surface area (Å²) in [5.74, 6) is 1.80. The molecule has 3 heterocycles. The van der Waals surface area contributed by atoms with Crippen LogP contribution in [0.25, 0.3) is 0 Å². The molecule has 7 heteroatoms. The van der Waals surface area contributed by atoms with Crippen LogP contribution in [0, 0.1) is 0 Å². The second kappa shape index (κ2) is 6.26. The summed E-state index contributed by atoms with van der Waals surface area (Å²) in [4.78, 5) is 24.3. The molecule has 114 valence electrons. The van der Waals surface area contributed by atoms with Gasteiger partial charge in [-0.3, -0.25) is 4.79 Å². The second-order valence-electron chi connectivity index (χ2n) is 5.49. The Labute approximate surface area is 124 Å².